The highest BCUT2D eigenvalue weighted by Crippen LogP contribution is 2.34. The van der Waals surface area contributed by atoms with Crippen LogP contribution in [0.2, 0.25) is 0 Å². The number of aliphatic hydroxyl groups excluding tert-OH is 1. The van der Waals surface area contributed by atoms with Gasteiger partial charge in [-0.15, -0.1) is 0 Å². The molecule has 1 N–H and O–H groups in total. The highest BCUT2D eigenvalue weighted by Gasteiger charge is 2.29. The Labute approximate surface area is 108 Å². The Bertz CT molecular complexity index is 407. The summed E-state index contributed by atoms with van der Waals surface area (Å²) in [6.07, 6.45) is 2.18. The van der Waals surface area contributed by atoms with E-state index in [0.717, 1.165) is 31.9 Å². The van der Waals surface area contributed by atoms with Crippen LogP contribution in [0.25, 0.3) is 0 Å². The Kier molecular flexibility index (Phi) is 3.52. The zero-order chi connectivity index (χ0) is 12.4. The molecule has 0 bridgehead atoms. The molecule has 1 aromatic carbocycles. The second-order valence-electron chi connectivity index (χ2n) is 5.47. The Morgan fingerprint density at radius 2 is 2.22 bits per heavy atom. The number of nitrogens with zero attached hydrogens (tertiary/aromatic N) is 1. The predicted octanol–water partition coefficient (Wildman–Crippen LogP) is 1.87. The summed E-state index contributed by atoms with van der Waals surface area (Å²) in [6.45, 7) is 4.55. The number of para-hydroxylation sites is 1. The smallest absolute Gasteiger partial charge is 0.122 e. The zero-order valence-corrected chi connectivity index (χ0v) is 10.7. The summed E-state index contributed by atoms with van der Waals surface area (Å²) in [6, 6.07) is 8.38. The van der Waals surface area contributed by atoms with E-state index in [1.807, 2.05) is 6.07 Å². The van der Waals surface area contributed by atoms with Gasteiger partial charge in [0.2, 0.25) is 0 Å². The lowest BCUT2D eigenvalue weighted by atomic mass is 10.0. The van der Waals surface area contributed by atoms with Crippen molar-refractivity contribution in [2.45, 2.75) is 18.8 Å². The average molecular weight is 247 g/mol. The van der Waals surface area contributed by atoms with Crippen LogP contribution in [0.15, 0.2) is 24.3 Å². The summed E-state index contributed by atoms with van der Waals surface area (Å²) < 4.78 is 5.73. The van der Waals surface area contributed by atoms with Crippen LogP contribution >= 0.6 is 0 Å². The van der Waals surface area contributed by atoms with Crippen molar-refractivity contribution in [1.29, 1.82) is 0 Å². The first-order valence-corrected chi connectivity index (χ1v) is 6.91. The Morgan fingerprint density at radius 1 is 1.33 bits per heavy atom. The van der Waals surface area contributed by atoms with Gasteiger partial charge in [0.05, 0.1) is 6.61 Å². The fraction of sp³-hybridized carbons (Fsp3) is 0.600. The van der Waals surface area contributed by atoms with Crippen molar-refractivity contribution in [1.82, 2.24) is 4.90 Å². The molecule has 0 spiro atoms. The zero-order valence-electron chi connectivity index (χ0n) is 10.7. The summed E-state index contributed by atoms with van der Waals surface area (Å²) in [7, 11) is 0. The number of fused-ring (bicyclic) bond motifs is 1. The lowest BCUT2D eigenvalue weighted by Crippen LogP contribution is -2.27. The van der Waals surface area contributed by atoms with Gasteiger partial charge >= 0.3 is 0 Å². The van der Waals surface area contributed by atoms with Crippen molar-refractivity contribution in [3.8, 4) is 5.75 Å². The number of likely N-dealkylation sites (tertiary alicyclic amines) is 1. The highest BCUT2D eigenvalue weighted by molar-refractivity contribution is 5.39. The minimum absolute atomic E-state index is 0.327. The van der Waals surface area contributed by atoms with E-state index in [2.05, 4.69) is 23.1 Å². The Morgan fingerprint density at radius 3 is 3.11 bits per heavy atom. The minimum atomic E-state index is 0.327. The van der Waals surface area contributed by atoms with Gasteiger partial charge in [0.15, 0.2) is 0 Å². The molecule has 98 valence electrons. The third kappa shape index (κ3) is 2.38. The van der Waals surface area contributed by atoms with Gasteiger partial charge in [-0.3, -0.25) is 0 Å². The molecule has 3 rings (SSSR count). The van der Waals surface area contributed by atoms with Crippen LogP contribution < -0.4 is 4.74 Å². The Hall–Kier alpha value is -1.06. The molecule has 2 unspecified atom stereocenters. The molecule has 2 aliphatic heterocycles. The number of hydrogen-bond acceptors (Lipinski definition) is 3. The number of benzene rings is 1. The van der Waals surface area contributed by atoms with Crippen molar-refractivity contribution in [2.75, 3.05) is 32.8 Å². The summed E-state index contributed by atoms with van der Waals surface area (Å²) in [5.41, 5.74) is 1.36. The van der Waals surface area contributed by atoms with Gasteiger partial charge in [0.25, 0.3) is 0 Å². The van der Waals surface area contributed by atoms with Crippen LogP contribution in [-0.4, -0.2) is 42.9 Å². The summed E-state index contributed by atoms with van der Waals surface area (Å²) in [4.78, 5) is 2.52. The molecule has 0 saturated carbocycles. The predicted molar refractivity (Wildman–Crippen MR) is 70.9 cm³/mol. The van der Waals surface area contributed by atoms with Crippen molar-refractivity contribution in [2.24, 2.45) is 5.92 Å². The van der Waals surface area contributed by atoms with E-state index in [1.54, 1.807) is 0 Å². The van der Waals surface area contributed by atoms with E-state index in [0.29, 0.717) is 18.4 Å². The van der Waals surface area contributed by atoms with Gasteiger partial charge in [0.1, 0.15) is 5.75 Å². The largest absolute Gasteiger partial charge is 0.493 e. The van der Waals surface area contributed by atoms with Crippen molar-refractivity contribution >= 4 is 0 Å². The first-order valence-electron chi connectivity index (χ1n) is 6.91. The molecule has 18 heavy (non-hydrogen) atoms. The van der Waals surface area contributed by atoms with E-state index >= 15 is 0 Å². The normalized spacial score (nSPS) is 27.2. The van der Waals surface area contributed by atoms with Gasteiger partial charge in [-0.1, -0.05) is 18.2 Å². The summed E-state index contributed by atoms with van der Waals surface area (Å²) in [5, 5.41) is 8.99. The fourth-order valence-electron chi connectivity index (χ4n) is 3.19. The summed E-state index contributed by atoms with van der Waals surface area (Å²) in [5.74, 6) is 2.27. The maximum atomic E-state index is 8.99. The van der Waals surface area contributed by atoms with Crippen LogP contribution in [0.5, 0.6) is 5.75 Å². The molecule has 1 aromatic rings. The topological polar surface area (TPSA) is 32.7 Å². The fourth-order valence-corrected chi connectivity index (χ4v) is 3.19. The van der Waals surface area contributed by atoms with Gasteiger partial charge in [-0.05, 0) is 31.4 Å². The van der Waals surface area contributed by atoms with Gasteiger partial charge in [-0.25, -0.2) is 0 Å². The first kappa shape index (κ1) is 12.0. The molecular weight excluding hydrogens is 226 g/mol. The van der Waals surface area contributed by atoms with Crippen molar-refractivity contribution in [3.05, 3.63) is 29.8 Å². The lowest BCUT2D eigenvalue weighted by Gasteiger charge is -2.19. The molecule has 0 amide bonds. The maximum Gasteiger partial charge on any atom is 0.122 e. The molecular formula is C15H21NO2. The maximum absolute atomic E-state index is 8.99. The SMILES string of the molecule is OCCC1CCN(CC2COc3ccccc32)C1. The van der Waals surface area contributed by atoms with Crippen LogP contribution in [0.1, 0.15) is 24.3 Å². The van der Waals surface area contributed by atoms with E-state index in [9.17, 15) is 0 Å². The second kappa shape index (κ2) is 5.29. The van der Waals surface area contributed by atoms with Crippen molar-refractivity contribution < 1.29 is 9.84 Å². The van der Waals surface area contributed by atoms with Crippen molar-refractivity contribution in [3.63, 3.8) is 0 Å². The molecule has 0 aromatic heterocycles. The van der Waals surface area contributed by atoms with E-state index in [4.69, 9.17) is 9.84 Å². The van der Waals surface area contributed by atoms with Gasteiger partial charge in [-0.2, -0.15) is 0 Å². The van der Waals surface area contributed by atoms with E-state index < -0.39 is 0 Å². The van der Waals surface area contributed by atoms with Gasteiger partial charge in [0, 0.05) is 31.2 Å². The first-order chi connectivity index (χ1) is 8.86. The number of hydrogen-bond donors (Lipinski definition) is 1. The minimum Gasteiger partial charge on any atom is -0.493 e. The highest BCUT2D eigenvalue weighted by atomic mass is 16.5. The number of ether oxygens (including phenoxy) is 1. The lowest BCUT2D eigenvalue weighted by molar-refractivity contribution is 0.239. The van der Waals surface area contributed by atoms with E-state index in [1.165, 1.54) is 18.5 Å². The molecule has 2 aliphatic rings. The summed E-state index contributed by atoms with van der Waals surface area (Å²) >= 11 is 0. The standard InChI is InChI=1S/C15H21NO2/c17-8-6-12-5-7-16(9-12)10-13-11-18-15-4-2-1-3-14(13)15/h1-4,12-13,17H,5-11H2. The molecule has 2 heterocycles. The van der Waals surface area contributed by atoms with Crippen LogP contribution in [0, 0.1) is 5.92 Å². The third-order valence-corrected chi connectivity index (χ3v) is 4.18. The molecule has 0 aliphatic carbocycles. The van der Waals surface area contributed by atoms with E-state index in [-0.39, 0.29) is 0 Å². The molecule has 1 saturated heterocycles. The quantitative estimate of drug-likeness (QED) is 0.881. The molecule has 1 fully saturated rings. The van der Waals surface area contributed by atoms with Crippen LogP contribution in [0.4, 0.5) is 0 Å². The molecule has 2 atom stereocenters. The van der Waals surface area contributed by atoms with Crippen LogP contribution in [-0.2, 0) is 0 Å². The molecule has 3 heteroatoms. The number of rotatable bonds is 4. The average Bonchev–Trinajstić information content (AvgIpc) is 2.99. The second-order valence-corrected chi connectivity index (χ2v) is 5.47. The van der Waals surface area contributed by atoms with Crippen LogP contribution in [0.3, 0.4) is 0 Å². The third-order valence-electron chi connectivity index (χ3n) is 4.18. The van der Waals surface area contributed by atoms with Gasteiger partial charge < -0.3 is 14.7 Å². The monoisotopic (exact) mass is 247 g/mol. The molecule has 3 nitrogen and oxygen atoms in total. The Balaban J connectivity index is 1.59. The number of aliphatic hydroxyl groups is 1. The molecule has 0 radical (unpaired) electrons.